The second-order valence-corrected chi connectivity index (χ2v) is 0.207. The molecule has 0 aliphatic rings. The molecule has 0 aromatic heterocycles. The molecule has 0 unspecified atom stereocenters. The summed E-state index contributed by atoms with van der Waals surface area (Å²) in [4.78, 5) is 0. The molecule has 0 rings (SSSR count). The van der Waals surface area contributed by atoms with Crippen LogP contribution in [0, 0.1) is 11.3 Å². The molecule has 4 heteroatoms. The van der Waals surface area contributed by atoms with Crippen LogP contribution in [0.5, 0.6) is 0 Å². The molecular weight excluding hydrogens is 275 g/mol. The topological polar surface area (TPSA) is 43.3 Å². The van der Waals surface area contributed by atoms with Crippen molar-refractivity contribution in [2.24, 2.45) is 0 Å². The van der Waals surface area contributed by atoms with Gasteiger partial charge in [-0.05, 0) is 0 Å². The summed E-state index contributed by atoms with van der Waals surface area (Å²) >= 11 is -0.167. The van der Waals surface area contributed by atoms with Crippen molar-refractivity contribution >= 4 is 27.3 Å². The SMILES string of the molecule is [O-][Cl+]O.[PbH2]. The second-order valence-electron chi connectivity index (χ2n) is 0.0690. The maximum absolute atomic E-state index is 8.35. The Morgan fingerprint density at radius 2 is 1.75 bits per heavy atom. The molecule has 0 heterocycles. The molecule has 1 N–H and O–H groups in total. The number of hydrogen-bond acceptors (Lipinski definition) is 2. The summed E-state index contributed by atoms with van der Waals surface area (Å²) in [5.74, 6) is 0. The standard InChI is InChI=1S/ClHO2.Pb.2H/c2-1-3;;;/h2H;;;. The van der Waals surface area contributed by atoms with Crippen molar-refractivity contribution in [3.63, 3.8) is 0 Å². The second kappa shape index (κ2) is 8.92. The van der Waals surface area contributed by atoms with E-state index in [1.807, 2.05) is 0 Å². The first-order chi connectivity index (χ1) is 1.41. The van der Waals surface area contributed by atoms with Crippen molar-refractivity contribution in [2.75, 3.05) is 0 Å². The number of halogens is 1. The maximum atomic E-state index is 8.35. The van der Waals surface area contributed by atoms with Crippen molar-refractivity contribution < 1.29 is 20.6 Å². The van der Waals surface area contributed by atoms with E-state index in [4.69, 9.17) is 9.32 Å². The summed E-state index contributed by atoms with van der Waals surface area (Å²) in [6.07, 6.45) is 0. The Bertz CT molecular complexity index is 6.00. The molecule has 0 saturated heterocycles. The van der Waals surface area contributed by atoms with E-state index < -0.39 is 0 Å². The van der Waals surface area contributed by atoms with Crippen LogP contribution in [0.25, 0.3) is 0 Å². The predicted octanol–water partition coefficient (Wildman–Crippen LogP) is -2.66. The van der Waals surface area contributed by atoms with Crippen molar-refractivity contribution in [3.8, 4) is 0 Å². The zero-order valence-electron chi connectivity index (χ0n) is 1.94. The Morgan fingerprint density at radius 3 is 1.75 bits per heavy atom. The summed E-state index contributed by atoms with van der Waals surface area (Å²) in [6.45, 7) is 0. The summed E-state index contributed by atoms with van der Waals surface area (Å²) in [7, 11) is 0. The van der Waals surface area contributed by atoms with E-state index in [1.165, 1.54) is 0 Å². The van der Waals surface area contributed by atoms with E-state index in [2.05, 4.69) is 0 Å². The van der Waals surface area contributed by atoms with Gasteiger partial charge in [0.05, 0.1) is 0 Å². The van der Waals surface area contributed by atoms with Crippen molar-refractivity contribution in [2.45, 2.75) is 0 Å². The zero-order valence-corrected chi connectivity index (χ0v) is 8.19. The quantitative estimate of drug-likeness (QED) is 0.491. The fourth-order valence-corrected chi connectivity index (χ4v) is 0. The summed E-state index contributed by atoms with van der Waals surface area (Å²) < 4.78 is 15.2. The molecule has 26 valence electrons. The Labute approximate surface area is 48.0 Å². The van der Waals surface area contributed by atoms with Gasteiger partial charge in [-0.25, -0.2) is 0 Å². The van der Waals surface area contributed by atoms with Gasteiger partial charge in [-0.1, -0.05) is 0 Å². The van der Waals surface area contributed by atoms with Crippen LogP contribution in [0.2, 0.25) is 0 Å². The molecule has 0 aromatic carbocycles. The molecule has 0 bridgehead atoms. The summed E-state index contributed by atoms with van der Waals surface area (Å²) in [5.41, 5.74) is 0. The van der Waals surface area contributed by atoms with Gasteiger partial charge in [-0.15, -0.1) is 4.66 Å². The minimum atomic E-state index is -0.167. The Morgan fingerprint density at radius 1 is 1.75 bits per heavy atom. The van der Waals surface area contributed by atoms with Gasteiger partial charge >= 0.3 is 38.6 Å². The van der Waals surface area contributed by atoms with Crippen molar-refractivity contribution in [3.05, 3.63) is 0 Å². The van der Waals surface area contributed by atoms with E-state index in [9.17, 15) is 0 Å². The van der Waals surface area contributed by atoms with Gasteiger partial charge in [0.2, 0.25) is 0 Å². The van der Waals surface area contributed by atoms with E-state index in [0.29, 0.717) is 0 Å². The monoisotopic (exact) mass is 278 g/mol. The van der Waals surface area contributed by atoms with Crippen molar-refractivity contribution in [1.29, 1.82) is 0 Å². The first-order valence-corrected chi connectivity index (χ1v) is 0.970. The third-order valence-electron chi connectivity index (χ3n) is 0. The van der Waals surface area contributed by atoms with E-state index in [0.717, 1.165) is 0 Å². The molecule has 0 aliphatic carbocycles. The molecule has 0 spiro atoms. The Balaban J connectivity index is 0. The molecule has 0 amide bonds. The number of rotatable bonds is 0. The van der Waals surface area contributed by atoms with Crippen LogP contribution < -0.4 is 4.66 Å². The molecule has 2 radical (unpaired) electrons. The third-order valence-corrected chi connectivity index (χ3v) is 0. The zero-order chi connectivity index (χ0) is 2.71. The molecule has 0 fully saturated rings. The van der Waals surface area contributed by atoms with Gasteiger partial charge in [0, 0.05) is 0 Å². The fourth-order valence-electron chi connectivity index (χ4n) is 0. The molecule has 2 nitrogen and oxygen atoms in total. The van der Waals surface area contributed by atoms with Gasteiger partial charge in [-0.3, -0.25) is 0 Å². The normalized spacial score (nSPS) is 4.50. The molecule has 0 atom stereocenters. The van der Waals surface area contributed by atoms with Crippen LogP contribution in [0.1, 0.15) is 0 Å². The van der Waals surface area contributed by atoms with Gasteiger partial charge < -0.3 is 4.66 Å². The predicted molar refractivity (Wildman–Crippen MR) is 10.8 cm³/mol. The van der Waals surface area contributed by atoms with Gasteiger partial charge in [0.1, 0.15) is 0 Å². The van der Waals surface area contributed by atoms with Crippen molar-refractivity contribution in [1.82, 2.24) is 0 Å². The summed E-state index contributed by atoms with van der Waals surface area (Å²) in [6, 6.07) is 0. The molecule has 0 aliphatic heterocycles. The first kappa shape index (κ1) is 8.93. The third kappa shape index (κ3) is 11.1. The summed E-state index contributed by atoms with van der Waals surface area (Å²) in [5, 5.41) is 0. The fraction of sp³-hybridized carbons (Fsp3) is 0. The van der Waals surface area contributed by atoms with Gasteiger partial charge in [-0.2, -0.15) is 0 Å². The molecule has 4 heavy (non-hydrogen) atoms. The van der Waals surface area contributed by atoms with Gasteiger partial charge in [0.25, 0.3) is 0 Å². The van der Waals surface area contributed by atoms with Crippen LogP contribution in [-0.2, 0) is 0 Å². The number of hydrogen-bond donors (Lipinski definition) is 1. The van der Waals surface area contributed by atoms with E-state index in [-0.39, 0.29) is 38.6 Å². The first-order valence-electron chi connectivity index (χ1n) is 0.323. The molecule has 0 aromatic rings. The van der Waals surface area contributed by atoms with Crippen LogP contribution >= 0.6 is 0 Å². The van der Waals surface area contributed by atoms with E-state index >= 15 is 0 Å². The Hall–Kier alpha value is 1.13. The average Bonchev–Trinajstić information content (AvgIpc) is 0.918. The van der Waals surface area contributed by atoms with Crippen LogP contribution in [0.3, 0.4) is 0 Å². The Kier molecular flexibility index (Phi) is 19.9. The van der Waals surface area contributed by atoms with Gasteiger partial charge in [0.15, 0.2) is 0 Å². The molecule has 0 saturated carbocycles. The minimum absolute atomic E-state index is 0. The van der Waals surface area contributed by atoms with Crippen LogP contribution in [0.4, 0.5) is 0 Å². The average molecular weight is 278 g/mol. The van der Waals surface area contributed by atoms with E-state index in [1.54, 1.807) is 0 Å². The molecular formula is H3ClO2Pb. The van der Waals surface area contributed by atoms with Crippen LogP contribution in [-0.4, -0.2) is 32.0 Å². The van der Waals surface area contributed by atoms with Crippen LogP contribution in [0.15, 0.2) is 0 Å².